The van der Waals surface area contributed by atoms with Crippen LogP contribution in [0.1, 0.15) is 5.56 Å². The predicted molar refractivity (Wildman–Crippen MR) is 71.3 cm³/mol. The van der Waals surface area contributed by atoms with Gasteiger partial charge in [0, 0.05) is 22.5 Å². The van der Waals surface area contributed by atoms with Crippen LogP contribution in [0.15, 0.2) is 58.3 Å². The zero-order valence-electron chi connectivity index (χ0n) is 9.47. The molecule has 0 radical (unpaired) electrons. The molecule has 1 N–H and O–H groups in total. The molecule has 0 bridgehead atoms. The van der Waals surface area contributed by atoms with Crippen LogP contribution in [0.3, 0.4) is 0 Å². The standard InChI is InChI=1S/C14H12N2S/c1-16-12-4-8-14(9-5-12)17-13-6-2-11(10-15)3-7-13/h2-9,16H,1H3. The Morgan fingerprint density at radius 3 is 1.94 bits per heavy atom. The second-order valence-electron chi connectivity index (χ2n) is 3.51. The molecule has 0 unspecified atom stereocenters. The summed E-state index contributed by atoms with van der Waals surface area (Å²) in [6.07, 6.45) is 0. The Morgan fingerprint density at radius 1 is 0.941 bits per heavy atom. The van der Waals surface area contributed by atoms with Gasteiger partial charge >= 0.3 is 0 Å². The molecule has 0 amide bonds. The highest BCUT2D eigenvalue weighted by Crippen LogP contribution is 2.28. The largest absolute Gasteiger partial charge is 0.388 e. The smallest absolute Gasteiger partial charge is 0.0991 e. The van der Waals surface area contributed by atoms with Crippen LogP contribution in [0.4, 0.5) is 5.69 Å². The molecule has 0 aliphatic rings. The molecule has 2 aromatic rings. The van der Waals surface area contributed by atoms with Crippen molar-refractivity contribution in [2.45, 2.75) is 9.79 Å². The molecule has 0 heterocycles. The van der Waals surface area contributed by atoms with Crippen LogP contribution >= 0.6 is 11.8 Å². The van der Waals surface area contributed by atoms with Crippen LogP contribution in [-0.4, -0.2) is 7.05 Å². The predicted octanol–water partition coefficient (Wildman–Crippen LogP) is 3.75. The highest BCUT2D eigenvalue weighted by Gasteiger charge is 1.98. The molecule has 0 aromatic heterocycles. The van der Waals surface area contributed by atoms with Gasteiger partial charge in [0.15, 0.2) is 0 Å². The summed E-state index contributed by atoms with van der Waals surface area (Å²) in [6, 6.07) is 18.0. The second kappa shape index (κ2) is 5.42. The Balaban J connectivity index is 2.11. The summed E-state index contributed by atoms with van der Waals surface area (Å²) >= 11 is 1.69. The van der Waals surface area contributed by atoms with Crippen molar-refractivity contribution in [3.8, 4) is 6.07 Å². The van der Waals surface area contributed by atoms with Gasteiger partial charge in [-0.25, -0.2) is 0 Å². The number of nitrogens with zero attached hydrogens (tertiary/aromatic N) is 1. The van der Waals surface area contributed by atoms with Gasteiger partial charge in [0.05, 0.1) is 11.6 Å². The third-order valence-electron chi connectivity index (χ3n) is 2.36. The van der Waals surface area contributed by atoms with Gasteiger partial charge in [0.2, 0.25) is 0 Å². The number of rotatable bonds is 3. The molecule has 2 aromatic carbocycles. The molecule has 0 aliphatic carbocycles. The Morgan fingerprint density at radius 2 is 1.47 bits per heavy atom. The average Bonchev–Trinajstić information content (AvgIpc) is 2.40. The first-order chi connectivity index (χ1) is 8.31. The lowest BCUT2D eigenvalue weighted by Crippen LogP contribution is -1.86. The summed E-state index contributed by atoms with van der Waals surface area (Å²) in [5.74, 6) is 0. The third-order valence-corrected chi connectivity index (χ3v) is 3.38. The number of nitrogens with one attached hydrogen (secondary N) is 1. The zero-order valence-corrected chi connectivity index (χ0v) is 10.3. The van der Waals surface area contributed by atoms with Crippen LogP contribution in [-0.2, 0) is 0 Å². The molecule has 0 aliphatic heterocycles. The lowest BCUT2D eigenvalue weighted by atomic mass is 10.2. The Bertz CT molecular complexity index is 524. The molecule has 2 rings (SSSR count). The maximum absolute atomic E-state index is 8.71. The lowest BCUT2D eigenvalue weighted by Gasteiger charge is -2.03. The molecule has 0 fully saturated rings. The van der Waals surface area contributed by atoms with E-state index in [0.717, 1.165) is 10.6 Å². The van der Waals surface area contributed by atoms with E-state index in [4.69, 9.17) is 5.26 Å². The average molecular weight is 240 g/mol. The number of hydrogen-bond donors (Lipinski definition) is 1. The summed E-state index contributed by atoms with van der Waals surface area (Å²) in [4.78, 5) is 2.33. The normalized spacial score (nSPS) is 9.65. The maximum atomic E-state index is 8.71. The van der Waals surface area contributed by atoms with E-state index in [9.17, 15) is 0 Å². The molecule has 0 spiro atoms. The number of hydrogen-bond acceptors (Lipinski definition) is 3. The lowest BCUT2D eigenvalue weighted by molar-refractivity contribution is 1.38. The quantitative estimate of drug-likeness (QED) is 0.887. The minimum atomic E-state index is 0.694. The van der Waals surface area contributed by atoms with Gasteiger partial charge in [0.25, 0.3) is 0 Å². The number of benzene rings is 2. The fourth-order valence-electron chi connectivity index (χ4n) is 1.42. The van der Waals surface area contributed by atoms with Gasteiger partial charge in [-0.15, -0.1) is 0 Å². The van der Waals surface area contributed by atoms with Crippen molar-refractivity contribution in [2.24, 2.45) is 0 Å². The van der Waals surface area contributed by atoms with Crippen LogP contribution in [0.2, 0.25) is 0 Å². The van der Waals surface area contributed by atoms with Crippen LogP contribution in [0.5, 0.6) is 0 Å². The third kappa shape index (κ3) is 3.02. The topological polar surface area (TPSA) is 35.8 Å². The number of nitriles is 1. The Kier molecular flexibility index (Phi) is 3.69. The van der Waals surface area contributed by atoms with Crippen molar-refractivity contribution in [1.82, 2.24) is 0 Å². The van der Waals surface area contributed by atoms with Crippen molar-refractivity contribution in [3.05, 3.63) is 54.1 Å². The van der Waals surface area contributed by atoms with Gasteiger partial charge in [-0.1, -0.05) is 11.8 Å². The monoisotopic (exact) mass is 240 g/mol. The van der Waals surface area contributed by atoms with Crippen molar-refractivity contribution >= 4 is 17.4 Å². The van der Waals surface area contributed by atoms with E-state index in [1.54, 1.807) is 11.8 Å². The van der Waals surface area contributed by atoms with E-state index < -0.39 is 0 Å². The Labute approximate surface area is 105 Å². The molecule has 0 atom stereocenters. The van der Waals surface area contributed by atoms with E-state index in [1.807, 2.05) is 43.4 Å². The highest BCUT2D eigenvalue weighted by molar-refractivity contribution is 7.99. The first-order valence-electron chi connectivity index (χ1n) is 5.27. The molecule has 3 heteroatoms. The maximum Gasteiger partial charge on any atom is 0.0991 e. The van der Waals surface area contributed by atoms with E-state index in [-0.39, 0.29) is 0 Å². The summed E-state index contributed by atoms with van der Waals surface area (Å²) in [7, 11) is 1.91. The molecule has 2 nitrogen and oxygen atoms in total. The van der Waals surface area contributed by atoms with Gasteiger partial charge < -0.3 is 5.32 Å². The minimum absolute atomic E-state index is 0.694. The molecular weight excluding hydrogens is 228 g/mol. The van der Waals surface area contributed by atoms with Crippen LogP contribution in [0.25, 0.3) is 0 Å². The fraction of sp³-hybridized carbons (Fsp3) is 0.0714. The van der Waals surface area contributed by atoms with E-state index in [2.05, 4.69) is 23.5 Å². The van der Waals surface area contributed by atoms with Crippen molar-refractivity contribution in [2.75, 3.05) is 12.4 Å². The van der Waals surface area contributed by atoms with E-state index in [0.29, 0.717) is 5.56 Å². The Hall–Kier alpha value is -1.92. The first-order valence-corrected chi connectivity index (χ1v) is 6.09. The summed E-state index contributed by atoms with van der Waals surface area (Å²) < 4.78 is 0. The van der Waals surface area contributed by atoms with Gasteiger partial charge in [-0.2, -0.15) is 5.26 Å². The van der Waals surface area contributed by atoms with Crippen LogP contribution < -0.4 is 5.32 Å². The molecular formula is C14H12N2S. The summed E-state index contributed by atoms with van der Waals surface area (Å²) in [6.45, 7) is 0. The van der Waals surface area contributed by atoms with Crippen molar-refractivity contribution in [3.63, 3.8) is 0 Å². The minimum Gasteiger partial charge on any atom is -0.388 e. The van der Waals surface area contributed by atoms with E-state index >= 15 is 0 Å². The molecule has 84 valence electrons. The molecule has 0 saturated heterocycles. The second-order valence-corrected chi connectivity index (χ2v) is 4.66. The molecule has 0 saturated carbocycles. The highest BCUT2D eigenvalue weighted by atomic mass is 32.2. The van der Waals surface area contributed by atoms with Crippen molar-refractivity contribution < 1.29 is 0 Å². The van der Waals surface area contributed by atoms with Crippen LogP contribution in [0, 0.1) is 11.3 Å². The van der Waals surface area contributed by atoms with E-state index in [1.165, 1.54) is 4.90 Å². The van der Waals surface area contributed by atoms with Crippen molar-refractivity contribution in [1.29, 1.82) is 5.26 Å². The fourth-order valence-corrected chi connectivity index (χ4v) is 2.24. The first kappa shape index (κ1) is 11.6. The summed E-state index contributed by atoms with van der Waals surface area (Å²) in [5, 5.41) is 11.8. The SMILES string of the molecule is CNc1ccc(Sc2ccc(C#N)cc2)cc1. The van der Waals surface area contributed by atoms with Gasteiger partial charge in [0.1, 0.15) is 0 Å². The van der Waals surface area contributed by atoms with Gasteiger partial charge in [-0.3, -0.25) is 0 Å². The summed E-state index contributed by atoms with van der Waals surface area (Å²) in [5.41, 5.74) is 1.80. The van der Waals surface area contributed by atoms with Gasteiger partial charge in [-0.05, 0) is 48.5 Å². The zero-order chi connectivity index (χ0) is 12.1. The molecule has 17 heavy (non-hydrogen) atoms. The number of anilines is 1.